The molecule has 0 bridgehead atoms. The molecule has 1 fully saturated rings. The molecule has 0 aromatic heterocycles. The van der Waals surface area contributed by atoms with Gasteiger partial charge in [-0.25, -0.2) is 0 Å². The Morgan fingerprint density at radius 3 is 2.73 bits per heavy atom. The number of hydrogen-bond donors (Lipinski definition) is 2. The molecule has 0 atom stereocenters. The fourth-order valence-electron chi connectivity index (χ4n) is 2.40. The van der Waals surface area contributed by atoms with Crippen LogP contribution in [0.25, 0.3) is 0 Å². The van der Waals surface area contributed by atoms with Crippen molar-refractivity contribution in [3.63, 3.8) is 0 Å². The van der Waals surface area contributed by atoms with Crippen LogP contribution in [-0.4, -0.2) is 44.7 Å². The molecular formula is C15H24ClIN4O. The Bertz CT molecular complexity index is 504. The van der Waals surface area contributed by atoms with Gasteiger partial charge in [-0.15, -0.1) is 24.0 Å². The fourth-order valence-corrected chi connectivity index (χ4v) is 2.66. The molecular weight excluding hydrogens is 415 g/mol. The average molecular weight is 439 g/mol. The fraction of sp³-hybridized carbons (Fsp3) is 0.533. The topological polar surface area (TPSA) is 62.9 Å². The molecule has 1 heterocycles. The highest BCUT2D eigenvalue weighted by Gasteiger charge is 2.16. The molecule has 0 amide bonds. The molecule has 124 valence electrons. The first-order valence-electron chi connectivity index (χ1n) is 7.17. The van der Waals surface area contributed by atoms with E-state index in [0.717, 1.165) is 25.3 Å². The number of guanidine groups is 1. The lowest BCUT2D eigenvalue weighted by Crippen LogP contribution is -2.32. The Morgan fingerprint density at radius 2 is 2.14 bits per heavy atom. The van der Waals surface area contributed by atoms with E-state index in [1.165, 1.54) is 12.8 Å². The number of hydrogen-bond acceptors (Lipinski definition) is 3. The summed E-state index contributed by atoms with van der Waals surface area (Å²) >= 11 is 6.08. The average Bonchev–Trinajstić information content (AvgIpc) is 2.47. The summed E-state index contributed by atoms with van der Waals surface area (Å²) in [6.07, 6.45) is 2.36. The van der Waals surface area contributed by atoms with Crippen LogP contribution in [0.3, 0.4) is 0 Å². The molecule has 0 saturated carbocycles. The molecule has 1 saturated heterocycles. The van der Waals surface area contributed by atoms with E-state index >= 15 is 0 Å². The third-order valence-electron chi connectivity index (χ3n) is 3.78. The summed E-state index contributed by atoms with van der Waals surface area (Å²) in [6, 6.07) is 5.44. The van der Waals surface area contributed by atoms with Gasteiger partial charge in [-0.1, -0.05) is 11.6 Å². The standard InChI is InChI=1S/C15H23ClN4O.HI/c1-20-7-5-11(6-8-20)10-18-15(17)19-12-3-4-14(21-2)13(16)9-12;/h3-4,9,11H,5-8,10H2,1-2H3,(H3,17,18,19);1H. The maximum Gasteiger partial charge on any atom is 0.193 e. The molecule has 0 aliphatic carbocycles. The monoisotopic (exact) mass is 438 g/mol. The van der Waals surface area contributed by atoms with Gasteiger partial charge in [-0.05, 0) is 57.1 Å². The SMILES string of the molecule is COc1ccc(NC(N)=NCC2CCN(C)CC2)cc1Cl.I. The molecule has 3 N–H and O–H groups in total. The van der Waals surface area contributed by atoms with Gasteiger partial charge in [0.25, 0.3) is 0 Å². The van der Waals surface area contributed by atoms with Crippen LogP contribution in [0.15, 0.2) is 23.2 Å². The van der Waals surface area contributed by atoms with Crippen molar-refractivity contribution in [2.75, 3.05) is 39.1 Å². The first-order valence-corrected chi connectivity index (χ1v) is 7.55. The lowest BCUT2D eigenvalue weighted by Gasteiger charge is -2.27. The maximum absolute atomic E-state index is 6.08. The second-order valence-electron chi connectivity index (χ2n) is 5.45. The number of likely N-dealkylation sites (tertiary alicyclic amines) is 1. The summed E-state index contributed by atoms with van der Waals surface area (Å²) < 4.78 is 5.12. The van der Waals surface area contributed by atoms with E-state index in [2.05, 4.69) is 22.3 Å². The van der Waals surface area contributed by atoms with Crippen molar-refractivity contribution in [2.24, 2.45) is 16.6 Å². The normalized spacial score (nSPS) is 17.0. The number of halogens is 2. The molecule has 1 aromatic rings. The molecule has 0 radical (unpaired) electrons. The molecule has 22 heavy (non-hydrogen) atoms. The first-order chi connectivity index (χ1) is 10.1. The zero-order valence-electron chi connectivity index (χ0n) is 13.0. The number of benzene rings is 1. The van der Waals surface area contributed by atoms with Crippen molar-refractivity contribution in [3.05, 3.63) is 23.2 Å². The predicted molar refractivity (Wildman–Crippen MR) is 104 cm³/mol. The molecule has 5 nitrogen and oxygen atoms in total. The van der Waals surface area contributed by atoms with Gasteiger partial charge < -0.3 is 20.7 Å². The van der Waals surface area contributed by atoms with Gasteiger partial charge in [0, 0.05) is 12.2 Å². The summed E-state index contributed by atoms with van der Waals surface area (Å²) in [6.45, 7) is 3.06. The Kier molecular flexibility index (Phi) is 8.27. The van der Waals surface area contributed by atoms with Crippen molar-refractivity contribution in [2.45, 2.75) is 12.8 Å². The van der Waals surface area contributed by atoms with Gasteiger partial charge in [-0.2, -0.15) is 0 Å². The van der Waals surface area contributed by atoms with Gasteiger partial charge in [0.1, 0.15) is 5.75 Å². The minimum Gasteiger partial charge on any atom is -0.495 e. The van der Waals surface area contributed by atoms with Crippen LogP contribution in [-0.2, 0) is 0 Å². The number of nitrogens with one attached hydrogen (secondary N) is 1. The summed E-state index contributed by atoms with van der Waals surface area (Å²) in [7, 11) is 3.74. The van der Waals surface area contributed by atoms with Gasteiger partial charge in [0.2, 0.25) is 0 Å². The number of nitrogens with zero attached hydrogens (tertiary/aromatic N) is 2. The van der Waals surface area contributed by atoms with Crippen molar-refractivity contribution in [1.29, 1.82) is 0 Å². The van der Waals surface area contributed by atoms with E-state index in [1.54, 1.807) is 19.2 Å². The second-order valence-corrected chi connectivity index (χ2v) is 5.85. The Labute approximate surface area is 154 Å². The summed E-state index contributed by atoms with van der Waals surface area (Å²) in [5.74, 6) is 1.69. The van der Waals surface area contributed by atoms with Crippen LogP contribution in [0.4, 0.5) is 5.69 Å². The van der Waals surface area contributed by atoms with E-state index in [4.69, 9.17) is 22.1 Å². The highest BCUT2D eigenvalue weighted by molar-refractivity contribution is 14.0. The zero-order valence-corrected chi connectivity index (χ0v) is 16.1. The zero-order chi connectivity index (χ0) is 15.2. The number of piperidine rings is 1. The van der Waals surface area contributed by atoms with Gasteiger partial charge >= 0.3 is 0 Å². The number of rotatable bonds is 4. The molecule has 1 aliphatic heterocycles. The van der Waals surface area contributed by atoms with E-state index in [-0.39, 0.29) is 24.0 Å². The summed E-state index contributed by atoms with van der Waals surface area (Å²) in [5.41, 5.74) is 6.74. The second kappa shape index (κ2) is 9.42. The minimum atomic E-state index is 0. The van der Waals surface area contributed by atoms with Crippen molar-refractivity contribution >= 4 is 47.2 Å². The number of anilines is 1. The molecule has 0 spiro atoms. The lowest BCUT2D eigenvalue weighted by molar-refractivity contribution is 0.224. The van der Waals surface area contributed by atoms with Crippen molar-refractivity contribution in [1.82, 2.24) is 4.90 Å². The minimum absolute atomic E-state index is 0. The molecule has 7 heteroatoms. The highest BCUT2D eigenvalue weighted by Crippen LogP contribution is 2.27. The highest BCUT2D eigenvalue weighted by atomic mass is 127. The number of ether oxygens (including phenoxy) is 1. The van der Waals surface area contributed by atoms with Crippen LogP contribution in [0.2, 0.25) is 5.02 Å². The lowest BCUT2D eigenvalue weighted by atomic mass is 9.97. The molecule has 2 rings (SSSR count). The Balaban J connectivity index is 0.00000242. The van der Waals surface area contributed by atoms with Crippen molar-refractivity contribution in [3.8, 4) is 5.75 Å². The number of methoxy groups -OCH3 is 1. The summed E-state index contributed by atoms with van der Waals surface area (Å²) in [4.78, 5) is 6.78. The van der Waals surface area contributed by atoms with Crippen LogP contribution in [0, 0.1) is 5.92 Å². The van der Waals surface area contributed by atoms with E-state index in [1.807, 2.05) is 6.07 Å². The molecule has 1 aromatic carbocycles. The smallest absolute Gasteiger partial charge is 0.193 e. The van der Waals surface area contributed by atoms with Gasteiger partial charge in [-0.3, -0.25) is 4.99 Å². The van der Waals surface area contributed by atoms with E-state index < -0.39 is 0 Å². The quantitative estimate of drug-likeness (QED) is 0.431. The van der Waals surface area contributed by atoms with Gasteiger partial charge in [0.05, 0.1) is 12.1 Å². The summed E-state index contributed by atoms with van der Waals surface area (Å²) in [5, 5.41) is 3.61. The van der Waals surface area contributed by atoms with Crippen LogP contribution in [0.1, 0.15) is 12.8 Å². The van der Waals surface area contributed by atoms with Crippen LogP contribution >= 0.6 is 35.6 Å². The largest absolute Gasteiger partial charge is 0.495 e. The number of nitrogens with two attached hydrogens (primary N) is 1. The molecule has 0 unspecified atom stereocenters. The first kappa shape index (κ1) is 19.3. The van der Waals surface area contributed by atoms with E-state index in [9.17, 15) is 0 Å². The van der Waals surface area contributed by atoms with E-state index in [0.29, 0.717) is 22.6 Å². The molecule has 1 aliphatic rings. The Hall–Kier alpha value is -0.730. The third-order valence-corrected chi connectivity index (χ3v) is 4.08. The van der Waals surface area contributed by atoms with Crippen molar-refractivity contribution < 1.29 is 4.74 Å². The maximum atomic E-state index is 6.08. The number of aliphatic imine (C=N–C) groups is 1. The van der Waals surface area contributed by atoms with Crippen LogP contribution < -0.4 is 15.8 Å². The predicted octanol–water partition coefficient (Wildman–Crippen LogP) is 3.04. The Morgan fingerprint density at radius 1 is 1.45 bits per heavy atom. The van der Waals surface area contributed by atoms with Gasteiger partial charge in [0.15, 0.2) is 5.96 Å². The van der Waals surface area contributed by atoms with Crippen LogP contribution in [0.5, 0.6) is 5.75 Å². The third kappa shape index (κ3) is 5.81.